The van der Waals surface area contributed by atoms with Gasteiger partial charge in [0.1, 0.15) is 11.4 Å². The third-order valence-corrected chi connectivity index (χ3v) is 6.21. The van der Waals surface area contributed by atoms with Crippen molar-refractivity contribution in [3.63, 3.8) is 0 Å². The van der Waals surface area contributed by atoms with Crippen LogP contribution in [-0.4, -0.2) is 33.9 Å². The third kappa shape index (κ3) is 6.15. The van der Waals surface area contributed by atoms with E-state index in [0.29, 0.717) is 21.1 Å². The van der Waals surface area contributed by atoms with Gasteiger partial charge in [-0.05, 0) is 35.7 Å². The van der Waals surface area contributed by atoms with Crippen LogP contribution in [0, 0.1) is 10.1 Å². The number of nitro benzene ring substituents is 1. The molecular formula is C20H21N5O4S2. The Morgan fingerprint density at radius 1 is 1.23 bits per heavy atom. The zero-order chi connectivity index (χ0) is 22.4. The molecule has 2 aromatic carbocycles. The van der Waals surface area contributed by atoms with Crippen LogP contribution >= 0.6 is 23.1 Å². The number of nitrogens with zero attached hydrogens (tertiary/aromatic N) is 3. The predicted molar refractivity (Wildman–Crippen MR) is 123 cm³/mol. The van der Waals surface area contributed by atoms with Gasteiger partial charge in [0, 0.05) is 5.69 Å². The van der Waals surface area contributed by atoms with E-state index in [-0.39, 0.29) is 23.0 Å². The SMILES string of the molecule is COc1ccc(NC(=O)CSc2nnc(Nc3ccc(C(C)C)cc3)s2)c([N+](=O)[O-])c1. The molecule has 0 spiro atoms. The molecule has 11 heteroatoms. The molecule has 0 saturated carbocycles. The van der Waals surface area contributed by atoms with Gasteiger partial charge >= 0.3 is 0 Å². The number of nitro groups is 1. The third-order valence-electron chi connectivity index (χ3n) is 4.24. The van der Waals surface area contributed by atoms with Crippen molar-refractivity contribution in [3.8, 4) is 5.75 Å². The summed E-state index contributed by atoms with van der Waals surface area (Å²) < 4.78 is 5.60. The maximum atomic E-state index is 12.3. The Hall–Kier alpha value is -3.18. The van der Waals surface area contributed by atoms with E-state index in [0.717, 1.165) is 5.69 Å². The van der Waals surface area contributed by atoms with Gasteiger partial charge in [-0.2, -0.15) is 0 Å². The molecule has 0 saturated heterocycles. The summed E-state index contributed by atoms with van der Waals surface area (Å²) in [6, 6.07) is 12.3. The minimum Gasteiger partial charge on any atom is -0.496 e. The minimum atomic E-state index is -0.568. The first-order chi connectivity index (χ1) is 14.9. The highest BCUT2D eigenvalue weighted by molar-refractivity contribution is 8.01. The summed E-state index contributed by atoms with van der Waals surface area (Å²) in [6.45, 7) is 4.28. The average Bonchev–Trinajstić information content (AvgIpc) is 3.20. The molecule has 31 heavy (non-hydrogen) atoms. The fraction of sp³-hybridized carbons (Fsp3) is 0.250. The Morgan fingerprint density at radius 3 is 2.61 bits per heavy atom. The molecule has 0 aliphatic carbocycles. The maximum absolute atomic E-state index is 12.3. The maximum Gasteiger partial charge on any atom is 0.296 e. The fourth-order valence-corrected chi connectivity index (χ4v) is 4.17. The number of aromatic nitrogens is 2. The molecule has 0 bridgehead atoms. The molecule has 0 atom stereocenters. The van der Waals surface area contributed by atoms with Crippen LogP contribution in [-0.2, 0) is 4.79 Å². The van der Waals surface area contributed by atoms with Gasteiger partial charge in [0.25, 0.3) is 5.69 Å². The van der Waals surface area contributed by atoms with Gasteiger partial charge < -0.3 is 15.4 Å². The lowest BCUT2D eigenvalue weighted by atomic mass is 10.0. The van der Waals surface area contributed by atoms with Gasteiger partial charge in [-0.3, -0.25) is 14.9 Å². The summed E-state index contributed by atoms with van der Waals surface area (Å²) in [7, 11) is 1.42. The number of hydrogen-bond acceptors (Lipinski definition) is 9. The fourth-order valence-electron chi connectivity index (χ4n) is 2.60. The summed E-state index contributed by atoms with van der Waals surface area (Å²) in [4.78, 5) is 22.9. The number of methoxy groups -OCH3 is 1. The second-order valence-corrected chi connectivity index (χ2v) is 8.95. The molecule has 3 aromatic rings. The molecule has 1 heterocycles. The van der Waals surface area contributed by atoms with Crippen LogP contribution in [0.25, 0.3) is 0 Å². The Morgan fingerprint density at radius 2 is 1.97 bits per heavy atom. The van der Waals surface area contributed by atoms with Crippen LogP contribution in [0.5, 0.6) is 5.75 Å². The zero-order valence-corrected chi connectivity index (χ0v) is 18.8. The zero-order valence-electron chi connectivity index (χ0n) is 17.1. The van der Waals surface area contributed by atoms with E-state index < -0.39 is 4.92 Å². The number of carbonyl (C=O) groups is 1. The molecule has 1 aromatic heterocycles. The minimum absolute atomic E-state index is 0.0426. The number of amides is 1. The van der Waals surface area contributed by atoms with E-state index in [4.69, 9.17) is 4.74 Å². The molecule has 9 nitrogen and oxygen atoms in total. The lowest BCUT2D eigenvalue weighted by molar-refractivity contribution is -0.384. The van der Waals surface area contributed by atoms with Crippen LogP contribution < -0.4 is 15.4 Å². The molecule has 2 N–H and O–H groups in total. The molecule has 3 rings (SSSR count). The second-order valence-electron chi connectivity index (χ2n) is 6.75. The molecule has 0 aliphatic rings. The van der Waals surface area contributed by atoms with Crippen LogP contribution in [0.1, 0.15) is 25.3 Å². The Bertz CT molecular complexity index is 1070. The summed E-state index contributed by atoms with van der Waals surface area (Å²) >= 11 is 2.53. The standard InChI is InChI=1S/C20H21N5O4S2/c1-12(2)13-4-6-14(7-5-13)21-19-23-24-20(31-19)30-11-18(26)22-16-9-8-15(29-3)10-17(16)25(27)28/h4-10,12H,11H2,1-3H3,(H,21,23)(H,22,26). The number of nitrogens with one attached hydrogen (secondary N) is 2. The number of carbonyl (C=O) groups excluding carboxylic acids is 1. The summed E-state index contributed by atoms with van der Waals surface area (Å²) in [5.74, 6) is 0.462. The average molecular weight is 460 g/mol. The number of rotatable bonds is 9. The Labute approximate surface area is 187 Å². The van der Waals surface area contributed by atoms with Gasteiger partial charge in [0.05, 0.1) is 23.9 Å². The smallest absolute Gasteiger partial charge is 0.296 e. The van der Waals surface area contributed by atoms with Crippen molar-refractivity contribution in [1.29, 1.82) is 0 Å². The number of thioether (sulfide) groups is 1. The molecule has 0 fully saturated rings. The van der Waals surface area contributed by atoms with Crippen LogP contribution in [0.3, 0.4) is 0 Å². The lowest BCUT2D eigenvalue weighted by Gasteiger charge is -2.07. The van der Waals surface area contributed by atoms with Gasteiger partial charge in [-0.25, -0.2) is 0 Å². The van der Waals surface area contributed by atoms with Crippen LogP contribution in [0.4, 0.5) is 22.2 Å². The highest BCUT2D eigenvalue weighted by Gasteiger charge is 2.18. The molecule has 0 unspecified atom stereocenters. The number of benzene rings is 2. The van der Waals surface area contributed by atoms with E-state index >= 15 is 0 Å². The predicted octanol–water partition coefficient (Wildman–Crippen LogP) is 5.05. The largest absolute Gasteiger partial charge is 0.496 e. The van der Waals surface area contributed by atoms with Crippen molar-refractivity contribution in [2.75, 3.05) is 23.5 Å². The first kappa shape index (κ1) is 22.5. The van der Waals surface area contributed by atoms with Gasteiger partial charge in [-0.1, -0.05) is 49.1 Å². The number of anilines is 3. The van der Waals surface area contributed by atoms with Crippen molar-refractivity contribution >= 4 is 51.2 Å². The topological polar surface area (TPSA) is 119 Å². The first-order valence-corrected chi connectivity index (χ1v) is 11.1. The molecular weight excluding hydrogens is 438 g/mol. The van der Waals surface area contributed by atoms with Crippen molar-refractivity contribution < 1.29 is 14.5 Å². The normalized spacial score (nSPS) is 10.7. The molecule has 162 valence electrons. The van der Waals surface area contributed by atoms with E-state index in [9.17, 15) is 14.9 Å². The summed E-state index contributed by atoms with van der Waals surface area (Å²) in [5.41, 5.74) is 2.04. The molecule has 1 amide bonds. The van der Waals surface area contributed by atoms with Crippen molar-refractivity contribution in [2.45, 2.75) is 24.1 Å². The highest BCUT2D eigenvalue weighted by Crippen LogP contribution is 2.31. The Balaban J connectivity index is 1.56. The van der Waals surface area contributed by atoms with Crippen molar-refractivity contribution in [1.82, 2.24) is 10.2 Å². The van der Waals surface area contributed by atoms with Crippen molar-refractivity contribution in [2.24, 2.45) is 0 Å². The van der Waals surface area contributed by atoms with E-state index in [2.05, 4.69) is 46.8 Å². The molecule has 0 aliphatic heterocycles. The summed E-state index contributed by atoms with van der Waals surface area (Å²) in [6.07, 6.45) is 0. The van der Waals surface area contributed by atoms with E-state index in [1.807, 2.05) is 12.1 Å². The van der Waals surface area contributed by atoms with Crippen LogP contribution in [0.2, 0.25) is 0 Å². The number of hydrogen-bond donors (Lipinski definition) is 2. The van der Waals surface area contributed by atoms with Gasteiger partial charge in [-0.15, -0.1) is 10.2 Å². The van der Waals surface area contributed by atoms with Crippen LogP contribution in [0.15, 0.2) is 46.8 Å². The quantitative estimate of drug-likeness (QED) is 0.259. The van der Waals surface area contributed by atoms with Gasteiger partial charge in [0.2, 0.25) is 11.0 Å². The van der Waals surface area contributed by atoms with E-state index in [1.54, 1.807) is 6.07 Å². The van der Waals surface area contributed by atoms with Crippen molar-refractivity contribution in [3.05, 3.63) is 58.1 Å². The highest BCUT2D eigenvalue weighted by atomic mass is 32.2. The monoisotopic (exact) mass is 459 g/mol. The number of ether oxygens (including phenoxy) is 1. The summed E-state index contributed by atoms with van der Waals surface area (Å²) in [5, 5.41) is 25.8. The Kier molecular flexibility index (Phi) is 7.42. The molecule has 0 radical (unpaired) electrons. The first-order valence-electron chi connectivity index (χ1n) is 9.31. The van der Waals surface area contributed by atoms with E-state index in [1.165, 1.54) is 47.9 Å². The van der Waals surface area contributed by atoms with Gasteiger partial charge in [0.15, 0.2) is 4.34 Å². The second kappa shape index (κ2) is 10.2. The lowest BCUT2D eigenvalue weighted by Crippen LogP contribution is -2.15.